The first kappa shape index (κ1) is 26.0. The number of rotatable bonds is 8. The number of phosphoric ester groups is 1. The Labute approximate surface area is 185 Å². The lowest BCUT2D eigenvalue weighted by atomic mass is 9.95. The number of hydrogen-bond donors (Lipinski definition) is 7. The van der Waals surface area contributed by atoms with E-state index in [1.807, 2.05) is 5.92 Å². The second kappa shape index (κ2) is 8.84. The van der Waals surface area contributed by atoms with E-state index >= 15 is 0 Å². The van der Waals surface area contributed by atoms with Crippen molar-refractivity contribution in [2.45, 2.75) is 24.0 Å². The third kappa shape index (κ3) is 5.54. The van der Waals surface area contributed by atoms with Crippen LogP contribution >= 0.6 is 23.5 Å². The SMILES string of the molecule is C#C[C@@]1(O)[C@H](O)[C@@H](COP(=O)(O)OP(=O)(O)OP(=O)(O)O)O[C@H]1n1ccc2c(N)ccnc21. The number of aliphatic hydroxyl groups excluding tert-OH is 1. The van der Waals surface area contributed by atoms with E-state index in [1.165, 1.54) is 23.0 Å². The van der Waals surface area contributed by atoms with Crippen molar-refractivity contribution in [1.82, 2.24) is 9.55 Å². The summed E-state index contributed by atoms with van der Waals surface area (Å²) in [5.74, 6) is 1.99. The molecule has 2 unspecified atom stereocenters. The molecule has 1 saturated heterocycles. The molecule has 0 aliphatic carbocycles. The number of terminal acetylenes is 1. The molecule has 6 atom stereocenters. The maximum atomic E-state index is 11.9. The Bertz CT molecular complexity index is 1240. The quantitative estimate of drug-likeness (QED) is 0.169. The van der Waals surface area contributed by atoms with Crippen molar-refractivity contribution >= 4 is 40.2 Å². The van der Waals surface area contributed by atoms with Crippen molar-refractivity contribution < 1.29 is 61.4 Å². The Morgan fingerprint density at radius 1 is 1.21 bits per heavy atom. The lowest BCUT2D eigenvalue weighted by molar-refractivity contribution is -0.0715. The minimum atomic E-state index is -5.74. The minimum absolute atomic E-state index is 0.231. The molecule has 0 amide bonds. The Kier molecular flexibility index (Phi) is 6.96. The molecule has 8 N–H and O–H groups in total. The van der Waals surface area contributed by atoms with Crippen LogP contribution in [0.4, 0.5) is 5.69 Å². The zero-order valence-electron chi connectivity index (χ0n) is 16.2. The van der Waals surface area contributed by atoms with E-state index < -0.39 is 54.1 Å². The van der Waals surface area contributed by atoms with Gasteiger partial charge in [0.05, 0.1) is 6.61 Å². The second-order valence-corrected chi connectivity index (χ2v) is 11.1. The van der Waals surface area contributed by atoms with Gasteiger partial charge in [0.15, 0.2) is 11.8 Å². The third-order valence-electron chi connectivity index (χ3n) is 4.43. The fourth-order valence-electron chi connectivity index (χ4n) is 3.08. The lowest BCUT2D eigenvalue weighted by Gasteiger charge is -2.26. The summed E-state index contributed by atoms with van der Waals surface area (Å²) in [7, 11) is -16.8. The Balaban J connectivity index is 1.79. The van der Waals surface area contributed by atoms with Crippen LogP contribution in [0.15, 0.2) is 24.5 Å². The van der Waals surface area contributed by atoms with Crippen LogP contribution in [-0.4, -0.2) is 63.8 Å². The molecule has 2 aromatic rings. The summed E-state index contributed by atoms with van der Waals surface area (Å²) in [6.45, 7) is -1.03. The van der Waals surface area contributed by atoms with Crippen LogP contribution in [0.2, 0.25) is 0 Å². The van der Waals surface area contributed by atoms with E-state index in [4.69, 9.17) is 26.7 Å². The summed E-state index contributed by atoms with van der Waals surface area (Å²) in [5, 5.41) is 21.8. The number of nitrogens with zero attached hydrogens (tertiary/aromatic N) is 2. The van der Waals surface area contributed by atoms with Crippen LogP contribution < -0.4 is 5.73 Å². The highest BCUT2D eigenvalue weighted by atomic mass is 31.3. The minimum Gasteiger partial charge on any atom is -0.398 e. The fraction of sp³-hybridized carbons (Fsp3) is 0.357. The molecule has 0 saturated carbocycles. The van der Waals surface area contributed by atoms with Crippen molar-refractivity contribution in [2.24, 2.45) is 0 Å². The molecule has 0 aromatic carbocycles. The van der Waals surface area contributed by atoms with E-state index in [0.29, 0.717) is 11.1 Å². The number of nitrogen functional groups attached to an aromatic ring is 1. The number of anilines is 1. The molecular formula is C14H18N3O13P3. The van der Waals surface area contributed by atoms with Gasteiger partial charge >= 0.3 is 23.5 Å². The first-order valence-corrected chi connectivity index (χ1v) is 13.1. The number of hydrogen-bond acceptors (Lipinski definition) is 11. The van der Waals surface area contributed by atoms with Crippen LogP contribution in [0.5, 0.6) is 0 Å². The largest absolute Gasteiger partial charge is 0.490 e. The number of nitrogens with two attached hydrogens (primary N) is 1. The Morgan fingerprint density at radius 2 is 1.88 bits per heavy atom. The number of fused-ring (bicyclic) bond motifs is 1. The Morgan fingerprint density at radius 3 is 2.48 bits per heavy atom. The second-order valence-electron chi connectivity index (χ2n) is 6.69. The standard InChI is InChI=1S/C14H18N3O13P3/c1-2-14(19)11(18)10(7-27-32(23,24)30-33(25,26)29-31(20,21)22)28-13(14)17-6-4-8-9(15)3-5-16-12(8)17/h1,3-6,10-11,13,18-19H,7H2,(H2,15,16)(H,23,24)(H,25,26)(H2,20,21,22)/t10-,11-,13-,14-/m1/s1. The van der Waals surface area contributed by atoms with E-state index in [1.54, 1.807) is 6.07 Å². The highest BCUT2D eigenvalue weighted by Crippen LogP contribution is 2.66. The van der Waals surface area contributed by atoms with Crippen molar-refractivity contribution in [3.63, 3.8) is 0 Å². The highest BCUT2D eigenvalue weighted by molar-refractivity contribution is 7.66. The zero-order valence-corrected chi connectivity index (χ0v) is 18.9. The van der Waals surface area contributed by atoms with E-state index in [-0.39, 0.29) is 5.65 Å². The van der Waals surface area contributed by atoms with Crippen molar-refractivity contribution in [3.05, 3.63) is 24.5 Å². The van der Waals surface area contributed by atoms with Crippen LogP contribution in [0, 0.1) is 12.3 Å². The number of pyridine rings is 1. The van der Waals surface area contributed by atoms with E-state index in [2.05, 4.69) is 18.1 Å². The average Bonchev–Trinajstić information content (AvgIpc) is 3.18. The van der Waals surface area contributed by atoms with Gasteiger partial charge in [-0.15, -0.1) is 6.42 Å². The maximum Gasteiger partial charge on any atom is 0.490 e. The van der Waals surface area contributed by atoms with Gasteiger partial charge in [-0.05, 0) is 12.1 Å². The summed E-state index contributed by atoms with van der Waals surface area (Å²) in [5.41, 5.74) is 4.06. The number of ether oxygens (including phenoxy) is 1. The van der Waals surface area contributed by atoms with Gasteiger partial charge in [0.1, 0.15) is 17.9 Å². The molecule has 0 bridgehead atoms. The Hall–Kier alpha value is -1.66. The van der Waals surface area contributed by atoms with Crippen molar-refractivity contribution in [2.75, 3.05) is 12.3 Å². The van der Waals surface area contributed by atoms with Crippen molar-refractivity contribution in [1.29, 1.82) is 0 Å². The van der Waals surface area contributed by atoms with Crippen molar-refractivity contribution in [3.8, 4) is 12.3 Å². The summed E-state index contributed by atoms with van der Waals surface area (Å²) in [6.07, 6.45) is 3.22. The third-order valence-corrected chi connectivity index (χ3v) is 8.24. The van der Waals surface area contributed by atoms with Crippen LogP contribution in [0.1, 0.15) is 6.23 Å². The molecule has 16 nitrogen and oxygen atoms in total. The van der Waals surface area contributed by atoms with E-state index in [0.717, 1.165) is 0 Å². The van der Waals surface area contributed by atoms with E-state index in [9.17, 15) is 33.7 Å². The van der Waals surface area contributed by atoms with Gasteiger partial charge in [-0.1, -0.05) is 5.92 Å². The first-order valence-electron chi connectivity index (χ1n) is 8.61. The monoisotopic (exact) mass is 529 g/mol. The van der Waals surface area contributed by atoms with Gasteiger partial charge in [-0.2, -0.15) is 8.62 Å². The summed E-state index contributed by atoms with van der Waals surface area (Å²) >= 11 is 0. The normalized spacial score (nSPS) is 29.4. The summed E-state index contributed by atoms with van der Waals surface area (Å²) < 4.78 is 52.4. The van der Waals surface area contributed by atoms with Crippen LogP contribution in [0.25, 0.3) is 11.0 Å². The predicted molar refractivity (Wildman–Crippen MR) is 108 cm³/mol. The highest BCUT2D eigenvalue weighted by Gasteiger charge is 2.56. The molecule has 1 fully saturated rings. The molecule has 1 aliphatic rings. The molecule has 19 heteroatoms. The topological polar surface area (TPSA) is 253 Å². The maximum absolute atomic E-state index is 11.9. The molecule has 0 radical (unpaired) electrons. The van der Waals surface area contributed by atoms with Gasteiger partial charge in [-0.25, -0.2) is 18.7 Å². The molecular weight excluding hydrogens is 511 g/mol. The molecule has 182 valence electrons. The van der Waals surface area contributed by atoms with Crippen LogP contribution in [0.3, 0.4) is 0 Å². The van der Waals surface area contributed by atoms with Gasteiger partial charge in [0.2, 0.25) is 0 Å². The molecule has 1 aliphatic heterocycles. The molecule has 33 heavy (non-hydrogen) atoms. The molecule has 2 aromatic heterocycles. The lowest BCUT2D eigenvalue weighted by Crippen LogP contribution is -2.45. The molecule has 3 rings (SSSR count). The summed E-state index contributed by atoms with van der Waals surface area (Å²) in [4.78, 5) is 39.9. The summed E-state index contributed by atoms with van der Waals surface area (Å²) in [6, 6.07) is 3.07. The first-order chi connectivity index (χ1) is 15.1. The fourth-order valence-corrected chi connectivity index (χ4v) is 6.11. The van der Waals surface area contributed by atoms with Gasteiger partial charge in [-0.3, -0.25) is 4.52 Å². The van der Waals surface area contributed by atoms with Gasteiger partial charge < -0.3 is 44.8 Å². The molecule has 0 spiro atoms. The number of phosphoric acid groups is 3. The van der Waals surface area contributed by atoms with Crippen LogP contribution in [-0.2, 0) is 31.6 Å². The number of aromatic nitrogens is 2. The zero-order chi connectivity index (χ0) is 24.8. The van der Waals surface area contributed by atoms with Gasteiger partial charge in [0, 0.05) is 23.5 Å². The smallest absolute Gasteiger partial charge is 0.398 e. The number of aliphatic hydroxyl groups is 2. The molecule has 3 heterocycles. The average molecular weight is 529 g/mol. The van der Waals surface area contributed by atoms with Gasteiger partial charge in [0.25, 0.3) is 0 Å². The predicted octanol–water partition coefficient (Wildman–Crippen LogP) is -0.416.